The third-order valence-electron chi connectivity index (χ3n) is 3.51. The van der Waals surface area contributed by atoms with E-state index in [1.54, 1.807) is 12.1 Å². The summed E-state index contributed by atoms with van der Waals surface area (Å²) in [5.74, 6) is -0.295. The molecule has 0 saturated carbocycles. The van der Waals surface area contributed by atoms with Crippen LogP contribution < -0.4 is 5.32 Å². The van der Waals surface area contributed by atoms with Gasteiger partial charge in [0.15, 0.2) is 0 Å². The second-order valence-electron chi connectivity index (χ2n) is 6.28. The van der Waals surface area contributed by atoms with Crippen molar-refractivity contribution in [1.82, 2.24) is 0 Å². The predicted octanol–water partition coefficient (Wildman–Crippen LogP) is 4.27. The van der Waals surface area contributed by atoms with Crippen molar-refractivity contribution < 1.29 is 9.50 Å². The Morgan fingerprint density at radius 1 is 1.00 bits per heavy atom. The molecule has 3 heteroatoms. The highest BCUT2D eigenvalue weighted by atomic mass is 19.1. The highest BCUT2D eigenvalue weighted by molar-refractivity contribution is 5.46. The summed E-state index contributed by atoms with van der Waals surface area (Å²) in [6.45, 7) is 6.91. The highest BCUT2D eigenvalue weighted by Gasteiger charge is 2.13. The summed E-state index contributed by atoms with van der Waals surface area (Å²) in [6.07, 6.45) is -0.659. The molecule has 0 aliphatic rings. The molecule has 0 radical (unpaired) electrons. The van der Waals surface area contributed by atoms with Crippen molar-refractivity contribution in [3.05, 3.63) is 65.5 Å². The molecule has 0 bridgehead atoms. The topological polar surface area (TPSA) is 32.3 Å². The summed E-state index contributed by atoms with van der Waals surface area (Å²) < 4.78 is 12.8. The second kappa shape index (κ2) is 6.27. The van der Waals surface area contributed by atoms with E-state index < -0.39 is 6.10 Å². The van der Waals surface area contributed by atoms with Gasteiger partial charge in [-0.1, -0.05) is 45.0 Å². The van der Waals surface area contributed by atoms with Crippen molar-refractivity contribution in [3.8, 4) is 0 Å². The number of benzene rings is 2. The van der Waals surface area contributed by atoms with Gasteiger partial charge in [-0.3, -0.25) is 0 Å². The number of hydrogen-bond acceptors (Lipinski definition) is 2. The van der Waals surface area contributed by atoms with Crippen LogP contribution in [0.2, 0.25) is 0 Å². The highest BCUT2D eigenvalue weighted by Crippen LogP contribution is 2.23. The monoisotopic (exact) mass is 287 g/mol. The minimum Gasteiger partial charge on any atom is -0.387 e. The molecular formula is C18H22FNO. The molecular weight excluding hydrogens is 265 g/mol. The van der Waals surface area contributed by atoms with E-state index in [1.807, 2.05) is 12.1 Å². The first-order valence-corrected chi connectivity index (χ1v) is 7.14. The molecule has 1 atom stereocenters. The quantitative estimate of drug-likeness (QED) is 0.880. The Morgan fingerprint density at radius 2 is 1.57 bits per heavy atom. The number of aliphatic hydroxyl groups excluding tert-OH is 1. The molecule has 1 unspecified atom stereocenters. The lowest BCUT2D eigenvalue weighted by Gasteiger charge is -2.19. The van der Waals surface area contributed by atoms with Crippen LogP contribution in [-0.4, -0.2) is 11.7 Å². The van der Waals surface area contributed by atoms with Crippen LogP contribution in [0.15, 0.2) is 48.5 Å². The van der Waals surface area contributed by atoms with E-state index in [2.05, 4.69) is 38.2 Å². The van der Waals surface area contributed by atoms with Crippen molar-refractivity contribution in [2.45, 2.75) is 32.3 Å². The van der Waals surface area contributed by atoms with Gasteiger partial charge in [-0.05, 0) is 40.8 Å². The average molecular weight is 287 g/mol. The standard InChI is InChI=1S/C18H22FNO/c1-18(2,3)14-6-10-16(11-7-14)20-12-17(21)13-4-8-15(19)9-5-13/h4-11,17,20-21H,12H2,1-3H3. The average Bonchev–Trinajstić information content (AvgIpc) is 2.45. The zero-order chi connectivity index (χ0) is 15.5. The summed E-state index contributed by atoms with van der Waals surface area (Å²) in [5.41, 5.74) is 3.07. The normalized spacial score (nSPS) is 13.0. The Labute approximate surface area is 125 Å². The second-order valence-corrected chi connectivity index (χ2v) is 6.28. The zero-order valence-corrected chi connectivity index (χ0v) is 12.7. The van der Waals surface area contributed by atoms with Gasteiger partial charge >= 0.3 is 0 Å². The molecule has 0 aliphatic carbocycles. The van der Waals surface area contributed by atoms with Crippen molar-refractivity contribution in [2.24, 2.45) is 0 Å². The number of nitrogens with one attached hydrogen (secondary N) is 1. The Hall–Kier alpha value is -1.87. The largest absolute Gasteiger partial charge is 0.387 e. The molecule has 0 amide bonds. The molecule has 0 fully saturated rings. The first kappa shape index (κ1) is 15.5. The van der Waals surface area contributed by atoms with Crippen molar-refractivity contribution in [2.75, 3.05) is 11.9 Å². The van der Waals surface area contributed by atoms with Crippen molar-refractivity contribution >= 4 is 5.69 Å². The van der Waals surface area contributed by atoms with Crippen LogP contribution in [-0.2, 0) is 5.41 Å². The summed E-state index contributed by atoms with van der Waals surface area (Å²) in [4.78, 5) is 0. The number of anilines is 1. The maximum atomic E-state index is 12.8. The smallest absolute Gasteiger partial charge is 0.123 e. The SMILES string of the molecule is CC(C)(C)c1ccc(NCC(O)c2ccc(F)cc2)cc1. The van der Waals surface area contributed by atoms with Crippen LogP contribution in [0.25, 0.3) is 0 Å². The predicted molar refractivity (Wildman–Crippen MR) is 85.0 cm³/mol. The maximum absolute atomic E-state index is 12.8. The van der Waals surface area contributed by atoms with E-state index in [9.17, 15) is 9.50 Å². The summed E-state index contributed by atoms with van der Waals surface area (Å²) in [7, 11) is 0. The molecule has 2 rings (SSSR count). The van der Waals surface area contributed by atoms with Crippen LogP contribution in [0.4, 0.5) is 10.1 Å². The van der Waals surface area contributed by atoms with Crippen LogP contribution in [0, 0.1) is 5.82 Å². The maximum Gasteiger partial charge on any atom is 0.123 e. The van der Waals surface area contributed by atoms with E-state index in [0.29, 0.717) is 12.1 Å². The zero-order valence-electron chi connectivity index (χ0n) is 12.7. The molecule has 2 nitrogen and oxygen atoms in total. The van der Waals surface area contributed by atoms with E-state index in [4.69, 9.17) is 0 Å². The van der Waals surface area contributed by atoms with Gasteiger partial charge in [0.25, 0.3) is 0 Å². The summed E-state index contributed by atoms with van der Waals surface area (Å²) in [5, 5.41) is 13.3. The fraction of sp³-hybridized carbons (Fsp3) is 0.333. The van der Waals surface area contributed by atoms with E-state index >= 15 is 0 Å². The number of aliphatic hydroxyl groups is 1. The lowest BCUT2D eigenvalue weighted by Crippen LogP contribution is -2.13. The minimum atomic E-state index is -0.659. The molecule has 112 valence electrons. The summed E-state index contributed by atoms with van der Waals surface area (Å²) >= 11 is 0. The van der Waals surface area contributed by atoms with Crippen LogP contribution >= 0.6 is 0 Å². The van der Waals surface area contributed by atoms with Crippen molar-refractivity contribution in [1.29, 1.82) is 0 Å². The third-order valence-corrected chi connectivity index (χ3v) is 3.51. The molecule has 0 aromatic heterocycles. The van der Waals surface area contributed by atoms with Crippen LogP contribution in [0.1, 0.15) is 38.0 Å². The first-order chi connectivity index (χ1) is 9.86. The first-order valence-electron chi connectivity index (χ1n) is 7.14. The number of halogens is 1. The molecule has 0 heterocycles. The fourth-order valence-corrected chi connectivity index (χ4v) is 2.11. The molecule has 21 heavy (non-hydrogen) atoms. The van der Waals surface area contributed by atoms with E-state index in [-0.39, 0.29) is 11.2 Å². The Balaban J connectivity index is 1.95. The van der Waals surface area contributed by atoms with Gasteiger partial charge < -0.3 is 10.4 Å². The van der Waals surface area contributed by atoms with Crippen LogP contribution in [0.3, 0.4) is 0 Å². The lowest BCUT2D eigenvalue weighted by atomic mass is 9.87. The Morgan fingerprint density at radius 3 is 2.10 bits per heavy atom. The van der Waals surface area contributed by atoms with E-state index in [1.165, 1.54) is 17.7 Å². The van der Waals surface area contributed by atoms with Gasteiger partial charge in [-0.2, -0.15) is 0 Å². The van der Waals surface area contributed by atoms with Gasteiger partial charge in [0.05, 0.1) is 6.10 Å². The molecule has 2 aromatic rings. The minimum absolute atomic E-state index is 0.131. The van der Waals surface area contributed by atoms with Gasteiger partial charge in [0.1, 0.15) is 5.82 Å². The molecule has 0 spiro atoms. The van der Waals surface area contributed by atoms with Crippen LogP contribution in [0.5, 0.6) is 0 Å². The number of hydrogen-bond donors (Lipinski definition) is 2. The fourth-order valence-electron chi connectivity index (χ4n) is 2.11. The Kier molecular flexibility index (Phi) is 4.63. The molecule has 2 aromatic carbocycles. The van der Waals surface area contributed by atoms with Gasteiger partial charge in [-0.25, -0.2) is 4.39 Å². The molecule has 2 N–H and O–H groups in total. The third kappa shape index (κ3) is 4.30. The lowest BCUT2D eigenvalue weighted by molar-refractivity contribution is 0.191. The van der Waals surface area contributed by atoms with Gasteiger partial charge in [-0.15, -0.1) is 0 Å². The molecule has 0 saturated heterocycles. The number of rotatable bonds is 4. The summed E-state index contributed by atoms with van der Waals surface area (Å²) in [6, 6.07) is 14.1. The molecule has 0 aliphatic heterocycles. The van der Waals surface area contributed by atoms with E-state index in [0.717, 1.165) is 5.69 Å². The van der Waals surface area contributed by atoms with Gasteiger partial charge in [0.2, 0.25) is 0 Å². The van der Waals surface area contributed by atoms with Crippen molar-refractivity contribution in [3.63, 3.8) is 0 Å². The van der Waals surface area contributed by atoms with Gasteiger partial charge in [0, 0.05) is 12.2 Å². The Bertz CT molecular complexity index is 570.